The lowest BCUT2D eigenvalue weighted by Crippen LogP contribution is -2.50. The highest BCUT2D eigenvalue weighted by atomic mass is 32.2. The minimum absolute atomic E-state index is 0.0636. The molecule has 22 heavy (non-hydrogen) atoms. The summed E-state index contributed by atoms with van der Waals surface area (Å²) >= 11 is 0. The van der Waals surface area contributed by atoms with Crippen LogP contribution in [0.25, 0.3) is 0 Å². The number of nitrogens with one attached hydrogen (secondary N) is 2. The Balaban J connectivity index is 2.76. The average Bonchev–Trinajstić information content (AvgIpc) is 2.37. The summed E-state index contributed by atoms with van der Waals surface area (Å²) in [5.74, 6) is -0.335. The van der Waals surface area contributed by atoms with E-state index in [-0.39, 0.29) is 22.3 Å². The van der Waals surface area contributed by atoms with Crippen molar-refractivity contribution in [3.63, 3.8) is 0 Å². The van der Waals surface area contributed by atoms with Crippen molar-refractivity contribution in [1.29, 1.82) is 0 Å². The summed E-state index contributed by atoms with van der Waals surface area (Å²) in [6, 6.07) is 5.60. The van der Waals surface area contributed by atoms with Gasteiger partial charge in [-0.05, 0) is 38.3 Å². The Morgan fingerprint density at radius 2 is 1.59 bits per heavy atom. The van der Waals surface area contributed by atoms with Gasteiger partial charge in [-0.15, -0.1) is 0 Å². The van der Waals surface area contributed by atoms with Gasteiger partial charge in [-0.3, -0.25) is 4.79 Å². The molecule has 5 nitrogen and oxygen atoms in total. The Labute approximate surface area is 133 Å². The molecule has 0 aromatic heterocycles. The highest BCUT2D eigenvalue weighted by Crippen LogP contribution is 2.18. The number of carbonyl (C=O) groups is 1. The van der Waals surface area contributed by atoms with Gasteiger partial charge in [0, 0.05) is 6.04 Å². The summed E-state index contributed by atoms with van der Waals surface area (Å²) in [5, 5.41) is 2.84. The molecule has 6 heteroatoms. The van der Waals surface area contributed by atoms with Crippen molar-refractivity contribution in [3.05, 3.63) is 29.8 Å². The van der Waals surface area contributed by atoms with Crippen molar-refractivity contribution in [2.75, 3.05) is 0 Å². The quantitative estimate of drug-likeness (QED) is 0.871. The molecule has 0 bridgehead atoms. The van der Waals surface area contributed by atoms with Crippen LogP contribution in [0.1, 0.15) is 40.2 Å². The van der Waals surface area contributed by atoms with Crippen molar-refractivity contribution in [2.45, 2.75) is 58.5 Å². The van der Waals surface area contributed by atoms with Crippen LogP contribution in [0.15, 0.2) is 29.2 Å². The third-order valence-electron chi connectivity index (χ3n) is 3.71. The molecule has 0 aliphatic rings. The van der Waals surface area contributed by atoms with Crippen LogP contribution in [-0.4, -0.2) is 26.4 Å². The Bertz CT molecular complexity index is 616. The second-order valence-electron chi connectivity index (χ2n) is 6.75. The van der Waals surface area contributed by atoms with E-state index in [1.165, 1.54) is 19.1 Å². The summed E-state index contributed by atoms with van der Waals surface area (Å²) in [7, 11) is -3.70. The molecule has 0 radical (unpaired) electrons. The molecule has 0 saturated carbocycles. The molecule has 1 rings (SSSR count). The lowest BCUT2D eigenvalue weighted by atomic mass is 9.88. The minimum Gasteiger partial charge on any atom is -0.352 e. The van der Waals surface area contributed by atoms with Crippen LogP contribution in [0.4, 0.5) is 0 Å². The van der Waals surface area contributed by atoms with Crippen LogP contribution in [0.5, 0.6) is 0 Å². The van der Waals surface area contributed by atoms with Crippen LogP contribution in [0.2, 0.25) is 0 Å². The van der Waals surface area contributed by atoms with Gasteiger partial charge in [0.15, 0.2) is 0 Å². The van der Waals surface area contributed by atoms with E-state index in [9.17, 15) is 13.2 Å². The van der Waals surface area contributed by atoms with Gasteiger partial charge >= 0.3 is 0 Å². The normalized spacial score (nSPS) is 15.2. The Kier molecular flexibility index (Phi) is 5.76. The monoisotopic (exact) mass is 326 g/mol. The van der Waals surface area contributed by atoms with Crippen molar-refractivity contribution >= 4 is 15.9 Å². The summed E-state index contributed by atoms with van der Waals surface area (Å²) in [4.78, 5) is 12.3. The molecule has 0 aliphatic heterocycles. The van der Waals surface area contributed by atoms with Gasteiger partial charge in [0.2, 0.25) is 15.9 Å². The van der Waals surface area contributed by atoms with E-state index in [4.69, 9.17) is 0 Å². The maximum Gasteiger partial charge on any atom is 0.241 e. The predicted molar refractivity (Wildman–Crippen MR) is 88.0 cm³/mol. The molecule has 2 atom stereocenters. The number of benzene rings is 1. The van der Waals surface area contributed by atoms with Gasteiger partial charge < -0.3 is 5.32 Å². The highest BCUT2D eigenvalue weighted by molar-refractivity contribution is 7.89. The fourth-order valence-corrected chi connectivity index (χ4v) is 2.83. The van der Waals surface area contributed by atoms with Crippen molar-refractivity contribution < 1.29 is 13.2 Å². The summed E-state index contributed by atoms with van der Waals surface area (Å²) in [5.41, 5.74) is 0.884. The fourth-order valence-electron chi connectivity index (χ4n) is 1.63. The standard InChI is InChI=1S/C16H26N2O3S/c1-11-7-9-14(10-8-11)22(20,21)18-12(2)15(19)17-13(3)16(4,5)6/h7-10,12-13,18H,1-6H3,(H,17,19)/t12-,13?/m0/s1. The minimum atomic E-state index is -3.70. The van der Waals surface area contributed by atoms with E-state index in [0.717, 1.165) is 5.56 Å². The van der Waals surface area contributed by atoms with Gasteiger partial charge in [0.05, 0.1) is 10.9 Å². The fraction of sp³-hybridized carbons (Fsp3) is 0.562. The lowest BCUT2D eigenvalue weighted by molar-refractivity contribution is -0.123. The summed E-state index contributed by atoms with van der Waals surface area (Å²) < 4.78 is 26.9. The van der Waals surface area contributed by atoms with Crippen LogP contribution < -0.4 is 10.0 Å². The molecule has 0 spiro atoms. The molecule has 1 aromatic rings. The first-order valence-corrected chi connectivity index (χ1v) is 8.81. The summed E-state index contributed by atoms with van der Waals surface area (Å²) in [6.07, 6.45) is 0. The van der Waals surface area contributed by atoms with Crippen LogP contribution in [0, 0.1) is 12.3 Å². The number of amides is 1. The lowest BCUT2D eigenvalue weighted by Gasteiger charge is -2.29. The molecule has 1 unspecified atom stereocenters. The Hall–Kier alpha value is -1.40. The molecular weight excluding hydrogens is 300 g/mol. The average molecular weight is 326 g/mol. The van der Waals surface area contributed by atoms with Crippen LogP contribution in [-0.2, 0) is 14.8 Å². The predicted octanol–water partition coefficient (Wildman–Crippen LogP) is 2.21. The number of carbonyl (C=O) groups excluding carboxylic acids is 1. The van der Waals surface area contributed by atoms with Crippen molar-refractivity contribution in [1.82, 2.24) is 10.0 Å². The first kappa shape index (κ1) is 18.6. The van der Waals surface area contributed by atoms with Gasteiger partial charge in [-0.2, -0.15) is 4.72 Å². The largest absolute Gasteiger partial charge is 0.352 e. The van der Waals surface area contributed by atoms with E-state index in [1.807, 2.05) is 34.6 Å². The molecule has 124 valence electrons. The molecule has 0 fully saturated rings. The van der Waals surface area contributed by atoms with Gasteiger partial charge in [-0.1, -0.05) is 38.5 Å². The second kappa shape index (κ2) is 6.79. The first-order valence-electron chi connectivity index (χ1n) is 7.33. The molecule has 2 N–H and O–H groups in total. The van der Waals surface area contributed by atoms with Crippen molar-refractivity contribution in [2.24, 2.45) is 5.41 Å². The third kappa shape index (κ3) is 5.10. The number of hydrogen-bond donors (Lipinski definition) is 2. The number of rotatable bonds is 5. The first-order chi connectivity index (χ1) is 9.93. The van der Waals surface area contributed by atoms with E-state index in [0.29, 0.717) is 0 Å². The van der Waals surface area contributed by atoms with Gasteiger partial charge in [-0.25, -0.2) is 8.42 Å². The van der Waals surface area contributed by atoms with E-state index >= 15 is 0 Å². The third-order valence-corrected chi connectivity index (χ3v) is 5.27. The van der Waals surface area contributed by atoms with E-state index < -0.39 is 16.1 Å². The second-order valence-corrected chi connectivity index (χ2v) is 8.47. The van der Waals surface area contributed by atoms with E-state index in [2.05, 4.69) is 10.0 Å². The number of hydrogen-bond acceptors (Lipinski definition) is 3. The molecule has 1 amide bonds. The van der Waals surface area contributed by atoms with Crippen molar-refractivity contribution in [3.8, 4) is 0 Å². The SMILES string of the molecule is Cc1ccc(S(=O)(=O)N[C@@H](C)C(=O)NC(C)C(C)(C)C)cc1. The van der Waals surface area contributed by atoms with E-state index in [1.54, 1.807) is 12.1 Å². The molecule has 0 saturated heterocycles. The Morgan fingerprint density at radius 1 is 1.09 bits per heavy atom. The van der Waals surface area contributed by atoms with Gasteiger partial charge in [0.1, 0.15) is 0 Å². The smallest absolute Gasteiger partial charge is 0.241 e. The van der Waals surface area contributed by atoms with Gasteiger partial charge in [0.25, 0.3) is 0 Å². The van der Waals surface area contributed by atoms with Crippen LogP contribution >= 0.6 is 0 Å². The number of sulfonamides is 1. The van der Waals surface area contributed by atoms with Crippen LogP contribution in [0.3, 0.4) is 0 Å². The number of aryl methyl sites for hydroxylation is 1. The maximum absolute atomic E-state index is 12.2. The zero-order chi connectivity index (χ0) is 17.1. The molecular formula is C16H26N2O3S. The Morgan fingerprint density at radius 3 is 2.05 bits per heavy atom. The molecule has 0 aliphatic carbocycles. The molecule has 0 heterocycles. The molecule has 1 aromatic carbocycles. The highest BCUT2D eigenvalue weighted by Gasteiger charge is 2.26. The zero-order valence-electron chi connectivity index (χ0n) is 14.1. The topological polar surface area (TPSA) is 75.3 Å². The summed E-state index contributed by atoms with van der Waals surface area (Å²) in [6.45, 7) is 11.4. The maximum atomic E-state index is 12.2. The zero-order valence-corrected chi connectivity index (χ0v) is 14.9.